The fraction of sp³-hybridized carbons (Fsp3) is 1.00. The molecule has 0 saturated carbocycles. The number of aliphatic hydroxyl groups excluding tert-OH is 1. The van der Waals surface area contributed by atoms with Gasteiger partial charge in [-0.2, -0.15) is 0 Å². The van der Waals surface area contributed by atoms with Gasteiger partial charge < -0.3 is 14.7 Å². The van der Waals surface area contributed by atoms with Gasteiger partial charge in [0, 0.05) is 25.7 Å². The molecular weight excluding hydrogens is 216 g/mol. The predicted molar refractivity (Wildman–Crippen MR) is 70.3 cm³/mol. The molecule has 1 saturated heterocycles. The van der Waals surface area contributed by atoms with Crippen LogP contribution in [0.15, 0.2) is 0 Å². The van der Waals surface area contributed by atoms with Gasteiger partial charge in [-0.15, -0.1) is 0 Å². The quantitative estimate of drug-likeness (QED) is 0.750. The van der Waals surface area contributed by atoms with Gasteiger partial charge in [-0.05, 0) is 39.9 Å². The molecule has 4 heteroatoms. The first kappa shape index (κ1) is 14.9. The smallest absolute Gasteiger partial charge is 0.0900 e. The van der Waals surface area contributed by atoms with Crippen LogP contribution in [0.25, 0.3) is 0 Å². The van der Waals surface area contributed by atoms with Crippen molar-refractivity contribution >= 4 is 0 Å². The number of ether oxygens (including phenoxy) is 1. The Morgan fingerprint density at radius 3 is 2.76 bits per heavy atom. The highest BCUT2D eigenvalue weighted by atomic mass is 16.5. The minimum atomic E-state index is -0.354. The summed E-state index contributed by atoms with van der Waals surface area (Å²) in [4.78, 5) is 4.82. The van der Waals surface area contributed by atoms with Crippen molar-refractivity contribution in [1.82, 2.24) is 9.80 Å². The van der Waals surface area contributed by atoms with Crippen molar-refractivity contribution in [3.8, 4) is 0 Å². The summed E-state index contributed by atoms with van der Waals surface area (Å²) in [5, 5.41) is 9.92. The molecule has 1 heterocycles. The Hall–Kier alpha value is -0.160. The van der Waals surface area contributed by atoms with E-state index in [1.54, 1.807) is 0 Å². The highest BCUT2D eigenvalue weighted by Crippen LogP contribution is 2.12. The second kappa shape index (κ2) is 8.03. The molecule has 0 aromatic heterocycles. The number of likely N-dealkylation sites (N-methyl/N-ethyl adjacent to an activating group) is 1. The average Bonchev–Trinajstić information content (AvgIpc) is 2.48. The summed E-state index contributed by atoms with van der Waals surface area (Å²) < 4.78 is 5.27. The van der Waals surface area contributed by atoms with Crippen molar-refractivity contribution in [3.05, 3.63) is 0 Å². The van der Waals surface area contributed by atoms with Gasteiger partial charge in [-0.1, -0.05) is 6.92 Å². The molecule has 1 aliphatic heterocycles. The first-order valence-electron chi connectivity index (χ1n) is 6.85. The molecule has 0 radical (unpaired) electrons. The van der Waals surface area contributed by atoms with Gasteiger partial charge in [-0.25, -0.2) is 0 Å². The Bertz CT molecular complexity index is 202. The minimum Gasteiger partial charge on any atom is -0.389 e. The van der Waals surface area contributed by atoms with E-state index in [1.807, 2.05) is 6.92 Å². The Balaban J connectivity index is 2.42. The molecule has 0 bridgehead atoms. The maximum absolute atomic E-state index is 9.92. The number of hydrogen-bond donors (Lipinski definition) is 1. The molecule has 1 rings (SSSR count). The first-order valence-corrected chi connectivity index (χ1v) is 6.85. The van der Waals surface area contributed by atoms with Gasteiger partial charge in [0.15, 0.2) is 0 Å². The summed E-state index contributed by atoms with van der Waals surface area (Å²) >= 11 is 0. The normalized spacial score (nSPS) is 25.8. The van der Waals surface area contributed by atoms with E-state index in [-0.39, 0.29) is 6.10 Å². The van der Waals surface area contributed by atoms with Gasteiger partial charge in [0.25, 0.3) is 0 Å². The van der Waals surface area contributed by atoms with Crippen molar-refractivity contribution in [2.45, 2.75) is 38.8 Å². The molecular formula is C13H28N2O2. The van der Waals surface area contributed by atoms with Crippen molar-refractivity contribution in [3.63, 3.8) is 0 Å². The number of β-amino-alcohol motifs (C(OH)–C–C–N with tert-alkyl or cyclic N) is 1. The molecule has 2 unspecified atom stereocenters. The molecule has 4 nitrogen and oxygen atoms in total. The number of rotatable bonds is 6. The van der Waals surface area contributed by atoms with Crippen LogP contribution in [0.2, 0.25) is 0 Å². The minimum absolute atomic E-state index is 0.354. The third-order valence-corrected chi connectivity index (χ3v) is 3.45. The van der Waals surface area contributed by atoms with Crippen molar-refractivity contribution in [2.24, 2.45) is 0 Å². The average molecular weight is 244 g/mol. The van der Waals surface area contributed by atoms with Crippen LogP contribution >= 0.6 is 0 Å². The lowest BCUT2D eigenvalue weighted by Crippen LogP contribution is -2.44. The number of hydrogen-bond acceptors (Lipinski definition) is 4. The van der Waals surface area contributed by atoms with E-state index in [2.05, 4.69) is 23.8 Å². The molecule has 17 heavy (non-hydrogen) atoms. The third-order valence-electron chi connectivity index (χ3n) is 3.45. The van der Waals surface area contributed by atoms with E-state index in [9.17, 15) is 5.11 Å². The molecule has 1 N–H and O–H groups in total. The monoisotopic (exact) mass is 244 g/mol. The van der Waals surface area contributed by atoms with Gasteiger partial charge in [0.1, 0.15) is 0 Å². The van der Waals surface area contributed by atoms with Gasteiger partial charge in [0.2, 0.25) is 0 Å². The summed E-state index contributed by atoms with van der Waals surface area (Å²) in [6.07, 6.45) is 1.98. The lowest BCUT2D eigenvalue weighted by Gasteiger charge is -2.31. The van der Waals surface area contributed by atoms with Gasteiger partial charge in [0.05, 0.1) is 12.7 Å². The topological polar surface area (TPSA) is 35.9 Å². The van der Waals surface area contributed by atoms with Crippen LogP contribution in [-0.2, 0) is 4.74 Å². The fourth-order valence-electron chi connectivity index (χ4n) is 2.50. The van der Waals surface area contributed by atoms with Crippen molar-refractivity contribution < 1.29 is 9.84 Å². The molecule has 0 spiro atoms. The Kier molecular flexibility index (Phi) is 7.04. The number of nitrogens with zero attached hydrogens (tertiary/aromatic N) is 2. The van der Waals surface area contributed by atoms with E-state index in [4.69, 9.17) is 4.74 Å². The standard InChI is InChI=1S/C13H28N2O2/c1-4-12-9-14(3)7-6-8-15(12)10-13(16)11-17-5-2/h12-13,16H,4-11H2,1-3H3. The summed E-state index contributed by atoms with van der Waals surface area (Å²) in [5.41, 5.74) is 0. The van der Waals surface area contributed by atoms with Gasteiger partial charge in [-0.3, -0.25) is 4.90 Å². The molecule has 2 atom stereocenters. The summed E-state index contributed by atoms with van der Waals surface area (Å²) in [6, 6.07) is 0.568. The molecule has 0 aromatic carbocycles. The largest absolute Gasteiger partial charge is 0.389 e. The van der Waals surface area contributed by atoms with E-state index in [0.717, 1.165) is 32.6 Å². The predicted octanol–water partition coefficient (Wildman–Crippen LogP) is 0.800. The van der Waals surface area contributed by atoms with Crippen LogP contribution in [0.4, 0.5) is 0 Å². The SMILES string of the molecule is CCOCC(O)CN1CCCN(C)CC1CC. The second-order valence-corrected chi connectivity index (χ2v) is 4.99. The van der Waals surface area contributed by atoms with Crippen LogP contribution in [0.5, 0.6) is 0 Å². The molecule has 0 amide bonds. The first-order chi connectivity index (χ1) is 8.17. The zero-order valence-electron chi connectivity index (χ0n) is 11.6. The lowest BCUT2D eigenvalue weighted by molar-refractivity contribution is 0.0123. The molecule has 1 fully saturated rings. The van der Waals surface area contributed by atoms with Crippen LogP contribution in [-0.4, -0.2) is 73.5 Å². The van der Waals surface area contributed by atoms with Crippen LogP contribution in [0.3, 0.4) is 0 Å². The highest BCUT2D eigenvalue weighted by molar-refractivity contribution is 4.79. The maximum atomic E-state index is 9.92. The highest BCUT2D eigenvalue weighted by Gasteiger charge is 2.23. The molecule has 0 aromatic rings. The molecule has 102 valence electrons. The maximum Gasteiger partial charge on any atom is 0.0900 e. The van der Waals surface area contributed by atoms with Crippen molar-refractivity contribution in [2.75, 3.05) is 46.4 Å². The third kappa shape index (κ3) is 5.34. The Labute approximate surface area is 106 Å². The van der Waals surface area contributed by atoms with E-state index < -0.39 is 0 Å². The Morgan fingerprint density at radius 1 is 1.35 bits per heavy atom. The van der Waals surface area contributed by atoms with E-state index in [0.29, 0.717) is 19.3 Å². The van der Waals surface area contributed by atoms with Gasteiger partial charge >= 0.3 is 0 Å². The Morgan fingerprint density at radius 2 is 2.12 bits per heavy atom. The van der Waals surface area contributed by atoms with Crippen LogP contribution < -0.4 is 0 Å². The fourth-order valence-corrected chi connectivity index (χ4v) is 2.50. The van der Waals surface area contributed by atoms with Crippen molar-refractivity contribution in [1.29, 1.82) is 0 Å². The summed E-state index contributed by atoms with van der Waals surface area (Å²) in [7, 11) is 2.18. The lowest BCUT2D eigenvalue weighted by atomic mass is 10.1. The van der Waals surface area contributed by atoms with Crippen LogP contribution in [0.1, 0.15) is 26.7 Å². The van der Waals surface area contributed by atoms with E-state index >= 15 is 0 Å². The van der Waals surface area contributed by atoms with Crippen LogP contribution in [0, 0.1) is 0 Å². The summed E-state index contributed by atoms with van der Waals surface area (Å²) in [5.74, 6) is 0. The zero-order valence-corrected chi connectivity index (χ0v) is 11.6. The van der Waals surface area contributed by atoms with E-state index in [1.165, 1.54) is 6.42 Å². The number of aliphatic hydroxyl groups is 1. The second-order valence-electron chi connectivity index (χ2n) is 4.99. The molecule has 0 aliphatic carbocycles. The summed E-state index contributed by atoms with van der Waals surface area (Å²) in [6.45, 7) is 9.43. The zero-order chi connectivity index (χ0) is 12.7. The molecule has 1 aliphatic rings.